The molecule has 336 valence electrons. The van der Waals surface area contributed by atoms with Crippen molar-refractivity contribution >= 4 is 68.8 Å². The molecule has 6 fully saturated rings. The van der Waals surface area contributed by atoms with E-state index in [1.165, 1.54) is 9.87 Å². The molecule has 7 aliphatic rings. The van der Waals surface area contributed by atoms with Crippen molar-refractivity contribution in [2.24, 2.45) is 11.3 Å². The van der Waals surface area contributed by atoms with Crippen LogP contribution >= 0.6 is 11.8 Å². The smallest absolute Gasteiger partial charge is 0.262 e. The number of carbonyl (C=O) groups excluding carboxylic acids is 7. The monoisotopic (exact) mass is 903 g/mol. The number of benzene rings is 2. The SMILES string of the molecule is CS(=O)(=O)N1CCC(C(=O)NCC(=O)NC2NC(c3cccc(C4CCNC(C5(C(=O)N6CCN(c7ccc8c(c7)C(=O)N(C7CCC(=O)NC7=O)C8=O)CC6)CC5)C4)c3)CS2)C1. The van der Waals surface area contributed by atoms with Gasteiger partial charge in [-0.05, 0) is 80.3 Å². The van der Waals surface area contributed by atoms with Crippen LogP contribution in [0.2, 0.25) is 0 Å². The van der Waals surface area contributed by atoms with Crippen LogP contribution in [-0.2, 0) is 34.0 Å². The van der Waals surface area contributed by atoms with Crippen LogP contribution in [0.25, 0.3) is 0 Å². The molecular weight excluding hydrogens is 851 g/mol. The molecule has 0 bridgehead atoms. The van der Waals surface area contributed by atoms with Gasteiger partial charge in [0.15, 0.2) is 0 Å². The summed E-state index contributed by atoms with van der Waals surface area (Å²) in [6.45, 7) is 3.22. The Morgan fingerprint density at radius 3 is 2.40 bits per heavy atom. The van der Waals surface area contributed by atoms with Crippen molar-refractivity contribution in [2.75, 3.05) is 69.3 Å². The van der Waals surface area contributed by atoms with Gasteiger partial charge in [0, 0.05) is 69.2 Å². The first kappa shape index (κ1) is 43.4. The van der Waals surface area contributed by atoms with Crippen LogP contribution in [0.15, 0.2) is 42.5 Å². The third kappa shape index (κ3) is 8.71. The van der Waals surface area contributed by atoms with Crippen molar-refractivity contribution < 1.29 is 42.0 Å². The molecule has 6 aliphatic heterocycles. The zero-order chi connectivity index (χ0) is 44.2. The summed E-state index contributed by atoms with van der Waals surface area (Å²) in [5.41, 5.74) is 2.82. The standard InChI is InChI=1S/C43H53N9O9S2/c1-63(60,61)51-14-10-28(23-51)37(55)45-22-36(54)48-42-46-32(24-62-42)27-4-2-3-25(19-27)26-9-13-44-34(20-26)43(11-12-43)41(59)50-17-15-49(16-18-50)29-5-6-30-31(21-29)40(58)52(39(30)57)33-7-8-35(53)47-38(33)56/h2-6,19,21,26,28,32-34,42,44,46H,7-18,20,22-24H2,1H3,(H,45,55)(H,48,54)(H,47,53,56). The first-order chi connectivity index (χ1) is 30.2. The van der Waals surface area contributed by atoms with E-state index in [2.05, 4.69) is 55.7 Å². The summed E-state index contributed by atoms with van der Waals surface area (Å²) < 4.78 is 24.9. The van der Waals surface area contributed by atoms with Gasteiger partial charge >= 0.3 is 0 Å². The highest BCUT2D eigenvalue weighted by Gasteiger charge is 2.58. The lowest BCUT2D eigenvalue weighted by atomic mass is 9.79. The number of imide groups is 2. The van der Waals surface area contributed by atoms with Gasteiger partial charge in [0.25, 0.3) is 11.8 Å². The molecule has 9 rings (SSSR count). The van der Waals surface area contributed by atoms with E-state index < -0.39 is 51.0 Å². The summed E-state index contributed by atoms with van der Waals surface area (Å²) in [6, 6.07) is 12.7. The van der Waals surface area contributed by atoms with Gasteiger partial charge in [-0.1, -0.05) is 24.3 Å². The van der Waals surface area contributed by atoms with Crippen LogP contribution in [0, 0.1) is 11.3 Å². The number of sulfonamides is 1. The third-order valence-corrected chi connectivity index (χ3v) is 16.3. The maximum Gasteiger partial charge on any atom is 0.262 e. The van der Waals surface area contributed by atoms with E-state index in [9.17, 15) is 42.0 Å². The van der Waals surface area contributed by atoms with Gasteiger partial charge in [0.1, 0.15) is 11.5 Å². The minimum atomic E-state index is -3.36. The molecule has 0 radical (unpaired) electrons. The lowest BCUT2D eigenvalue weighted by molar-refractivity contribution is -0.139. The second-order valence-electron chi connectivity index (χ2n) is 17.8. The number of amides is 7. The fourth-order valence-electron chi connectivity index (χ4n) is 10.2. The summed E-state index contributed by atoms with van der Waals surface area (Å²) in [5.74, 6) is -2.08. The molecular formula is C43H53N9O9S2. The Balaban J connectivity index is 0.756. The minimum Gasteiger partial charge on any atom is -0.368 e. The van der Waals surface area contributed by atoms with E-state index in [1.54, 1.807) is 30.0 Å². The molecule has 18 nitrogen and oxygen atoms in total. The second-order valence-corrected chi connectivity index (χ2v) is 21.0. The Morgan fingerprint density at radius 1 is 0.905 bits per heavy atom. The number of carbonyl (C=O) groups is 7. The lowest BCUT2D eigenvalue weighted by Gasteiger charge is -2.41. The van der Waals surface area contributed by atoms with Crippen LogP contribution in [0.3, 0.4) is 0 Å². The largest absolute Gasteiger partial charge is 0.368 e. The molecule has 5 N–H and O–H groups in total. The molecule has 6 unspecified atom stereocenters. The van der Waals surface area contributed by atoms with Crippen molar-refractivity contribution in [3.8, 4) is 0 Å². The predicted octanol–water partition coefficient (Wildman–Crippen LogP) is 0.227. The molecule has 5 saturated heterocycles. The van der Waals surface area contributed by atoms with Gasteiger partial charge in [0.05, 0.1) is 35.3 Å². The topological polar surface area (TPSA) is 227 Å². The Labute approximate surface area is 370 Å². The summed E-state index contributed by atoms with van der Waals surface area (Å²) in [6.07, 6.45) is 5.17. The molecule has 6 heterocycles. The first-order valence-electron chi connectivity index (χ1n) is 21.8. The Kier molecular flexibility index (Phi) is 11.9. The average molecular weight is 904 g/mol. The zero-order valence-corrected chi connectivity index (χ0v) is 36.7. The molecule has 1 saturated carbocycles. The van der Waals surface area contributed by atoms with Crippen LogP contribution in [0.1, 0.15) is 88.7 Å². The number of fused-ring (bicyclic) bond motifs is 1. The van der Waals surface area contributed by atoms with Gasteiger partial charge in [0.2, 0.25) is 39.6 Å². The molecule has 2 aromatic carbocycles. The van der Waals surface area contributed by atoms with Crippen molar-refractivity contribution in [1.29, 1.82) is 0 Å². The number of hydrogen-bond donors (Lipinski definition) is 5. The number of piperidine rings is 2. The van der Waals surface area contributed by atoms with E-state index in [4.69, 9.17) is 0 Å². The van der Waals surface area contributed by atoms with Crippen molar-refractivity contribution in [2.45, 2.75) is 74.5 Å². The number of nitrogens with one attached hydrogen (secondary N) is 5. The Hall–Kier alpha value is -4.89. The van der Waals surface area contributed by atoms with E-state index in [1.807, 2.05) is 4.90 Å². The maximum absolute atomic E-state index is 14.3. The van der Waals surface area contributed by atoms with Crippen LogP contribution in [0.5, 0.6) is 0 Å². The molecule has 63 heavy (non-hydrogen) atoms. The summed E-state index contributed by atoms with van der Waals surface area (Å²) >= 11 is 1.58. The van der Waals surface area contributed by atoms with Gasteiger partial charge in [-0.3, -0.25) is 49.1 Å². The quantitative estimate of drug-likeness (QED) is 0.191. The molecule has 1 aliphatic carbocycles. The van der Waals surface area contributed by atoms with E-state index in [-0.39, 0.29) is 78.3 Å². The number of piperazine rings is 1. The minimum absolute atomic E-state index is 0.00940. The average Bonchev–Trinajstić information content (AvgIpc) is 3.56. The van der Waals surface area contributed by atoms with E-state index >= 15 is 0 Å². The number of anilines is 1. The normalized spacial score (nSPS) is 28.5. The second kappa shape index (κ2) is 17.2. The van der Waals surface area contributed by atoms with Crippen LogP contribution < -0.4 is 31.5 Å². The van der Waals surface area contributed by atoms with Crippen molar-refractivity contribution in [3.63, 3.8) is 0 Å². The lowest BCUT2D eigenvalue weighted by Crippen LogP contribution is -2.55. The van der Waals surface area contributed by atoms with Crippen molar-refractivity contribution in [1.82, 2.24) is 40.7 Å². The predicted molar refractivity (Wildman–Crippen MR) is 232 cm³/mol. The third-order valence-electron chi connectivity index (χ3n) is 13.9. The number of rotatable bonds is 11. The van der Waals surface area contributed by atoms with Gasteiger partial charge in [-0.15, -0.1) is 11.8 Å². The van der Waals surface area contributed by atoms with Gasteiger partial charge in [-0.25, -0.2) is 12.7 Å². The summed E-state index contributed by atoms with van der Waals surface area (Å²) in [5, 5.41) is 15.0. The van der Waals surface area contributed by atoms with Crippen LogP contribution in [-0.4, -0.2) is 146 Å². The van der Waals surface area contributed by atoms with Gasteiger partial charge in [-0.2, -0.15) is 0 Å². The fourth-order valence-corrected chi connectivity index (χ4v) is 12.2. The highest BCUT2D eigenvalue weighted by atomic mass is 32.2. The van der Waals surface area contributed by atoms with Crippen LogP contribution in [0.4, 0.5) is 5.69 Å². The zero-order valence-electron chi connectivity index (χ0n) is 35.1. The number of hydrogen-bond acceptors (Lipinski definition) is 13. The highest BCUT2D eigenvalue weighted by molar-refractivity contribution is 8.00. The van der Waals surface area contributed by atoms with E-state index in [0.717, 1.165) is 60.4 Å². The molecule has 7 amide bonds. The molecule has 6 atom stereocenters. The number of thioether (sulfide) groups is 1. The molecule has 0 aromatic heterocycles. The summed E-state index contributed by atoms with van der Waals surface area (Å²) in [7, 11) is -3.36. The van der Waals surface area contributed by atoms with E-state index in [0.29, 0.717) is 39.1 Å². The maximum atomic E-state index is 14.3. The Bertz CT molecular complexity index is 2350. The molecule has 20 heteroatoms. The first-order valence-corrected chi connectivity index (χ1v) is 24.7. The fraction of sp³-hybridized carbons (Fsp3) is 0.558. The molecule has 2 aromatic rings. The highest BCUT2D eigenvalue weighted by Crippen LogP contribution is 2.53. The molecule has 0 spiro atoms. The van der Waals surface area contributed by atoms with Gasteiger partial charge < -0.3 is 25.8 Å². The Morgan fingerprint density at radius 2 is 1.67 bits per heavy atom. The summed E-state index contributed by atoms with van der Waals surface area (Å²) in [4.78, 5) is 95.5. The number of nitrogens with zero attached hydrogens (tertiary/aromatic N) is 4. The van der Waals surface area contributed by atoms with Crippen molar-refractivity contribution in [3.05, 3.63) is 64.7 Å².